The molecule has 21 heavy (non-hydrogen) atoms. The van der Waals surface area contributed by atoms with Crippen molar-refractivity contribution in [1.82, 2.24) is 14.5 Å². The van der Waals surface area contributed by atoms with E-state index in [0.717, 1.165) is 43.6 Å². The van der Waals surface area contributed by atoms with Gasteiger partial charge in [0.2, 0.25) is 0 Å². The topological polar surface area (TPSA) is 47.4 Å². The molecule has 0 spiro atoms. The third-order valence-electron chi connectivity index (χ3n) is 4.09. The lowest BCUT2D eigenvalue weighted by Gasteiger charge is -2.35. The Hall–Kier alpha value is -1.72. The Morgan fingerprint density at radius 3 is 3.14 bits per heavy atom. The summed E-state index contributed by atoms with van der Waals surface area (Å²) in [5.41, 5.74) is 1.54. The highest BCUT2D eigenvalue weighted by molar-refractivity contribution is 5.95. The van der Waals surface area contributed by atoms with Crippen molar-refractivity contribution >= 4 is 17.3 Å². The molecule has 0 N–H and O–H groups in total. The van der Waals surface area contributed by atoms with Crippen LogP contribution in [-0.2, 0) is 11.3 Å². The molecular formula is C16H21N3O2. The van der Waals surface area contributed by atoms with E-state index in [1.54, 1.807) is 6.20 Å². The Balaban J connectivity index is 1.83. The fourth-order valence-corrected chi connectivity index (χ4v) is 2.92. The number of aldehydes is 1. The number of carbonyl (C=O) groups is 1. The van der Waals surface area contributed by atoms with Crippen LogP contribution in [0.25, 0.3) is 11.0 Å². The van der Waals surface area contributed by atoms with Crippen molar-refractivity contribution in [2.24, 2.45) is 0 Å². The fourth-order valence-electron chi connectivity index (χ4n) is 2.92. The third kappa shape index (κ3) is 2.84. The molecule has 3 heterocycles. The van der Waals surface area contributed by atoms with Gasteiger partial charge in [-0.3, -0.25) is 9.69 Å². The van der Waals surface area contributed by atoms with Crippen molar-refractivity contribution in [1.29, 1.82) is 0 Å². The molecular weight excluding hydrogens is 266 g/mol. The zero-order chi connectivity index (χ0) is 14.8. The summed E-state index contributed by atoms with van der Waals surface area (Å²) in [5.74, 6) is 0. The quantitative estimate of drug-likeness (QED) is 0.807. The standard InChI is InChI=1S/C16H21N3O2/c1-12(2)18-6-7-21-14(9-18)10-19-8-13(11-20)15-4-3-5-17-16(15)19/h3-5,8,11-12,14H,6-7,9-10H2,1-2H3. The molecule has 5 nitrogen and oxygen atoms in total. The molecule has 112 valence electrons. The van der Waals surface area contributed by atoms with Gasteiger partial charge in [0.1, 0.15) is 5.65 Å². The van der Waals surface area contributed by atoms with E-state index < -0.39 is 0 Å². The van der Waals surface area contributed by atoms with Gasteiger partial charge in [-0.2, -0.15) is 0 Å². The van der Waals surface area contributed by atoms with E-state index in [9.17, 15) is 4.79 Å². The number of rotatable bonds is 4. The summed E-state index contributed by atoms with van der Waals surface area (Å²) < 4.78 is 7.91. The maximum atomic E-state index is 11.2. The number of aromatic nitrogens is 2. The average molecular weight is 287 g/mol. The maximum absolute atomic E-state index is 11.2. The molecule has 1 aliphatic heterocycles. The lowest BCUT2D eigenvalue weighted by Crippen LogP contribution is -2.47. The summed E-state index contributed by atoms with van der Waals surface area (Å²) in [4.78, 5) is 18.0. The number of pyridine rings is 1. The maximum Gasteiger partial charge on any atom is 0.152 e. The van der Waals surface area contributed by atoms with E-state index in [2.05, 4.69) is 23.7 Å². The Kier molecular flexibility index (Phi) is 4.03. The van der Waals surface area contributed by atoms with Gasteiger partial charge in [0.05, 0.1) is 19.3 Å². The van der Waals surface area contributed by atoms with Crippen LogP contribution >= 0.6 is 0 Å². The van der Waals surface area contributed by atoms with Crippen molar-refractivity contribution in [3.05, 3.63) is 30.1 Å². The first kappa shape index (κ1) is 14.2. The number of hydrogen-bond donors (Lipinski definition) is 0. The first-order chi connectivity index (χ1) is 10.2. The Labute approximate surface area is 124 Å². The minimum Gasteiger partial charge on any atom is -0.374 e. The van der Waals surface area contributed by atoms with Gasteiger partial charge >= 0.3 is 0 Å². The minimum absolute atomic E-state index is 0.137. The monoisotopic (exact) mass is 287 g/mol. The summed E-state index contributed by atoms with van der Waals surface area (Å²) in [5, 5.41) is 0.907. The van der Waals surface area contributed by atoms with Crippen LogP contribution in [0.1, 0.15) is 24.2 Å². The number of fused-ring (bicyclic) bond motifs is 1. The van der Waals surface area contributed by atoms with Crippen LogP contribution in [0.2, 0.25) is 0 Å². The molecule has 0 bridgehead atoms. The highest BCUT2D eigenvalue weighted by atomic mass is 16.5. The van der Waals surface area contributed by atoms with E-state index in [1.807, 2.05) is 22.9 Å². The molecule has 0 aliphatic carbocycles. The number of nitrogens with zero attached hydrogens (tertiary/aromatic N) is 3. The summed E-state index contributed by atoms with van der Waals surface area (Å²) in [6, 6.07) is 4.32. The molecule has 5 heteroatoms. The van der Waals surface area contributed by atoms with Gasteiger partial charge in [0, 0.05) is 42.5 Å². The second kappa shape index (κ2) is 5.95. The van der Waals surface area contributed by atoms with Crippen LogP contribution in [0.15, 0.2) is 24.5 Å². The van der Waals surface area contributed by atoms with Gasteiger partial charge in [-0.05, 0) is 26.0 Å². The zero-order valence-corrected chi connectivity index (χ0v) is 12.5. The van der Waals surface area contributed by atoms with Crippen LogP contribution in [0, 0.1) is 0 Å². The Morgan fingerprint density at radius 2 is 2.38 bits per heavy atom. The van der Waals surface area contributed by atoms with E-state index in [4.69, 9.17) is 4.74 Å². The van der Waals surface area contributed by atoms with Crippen molar-refractivity contribution in [3.63, 3.8) is 0 Å². The summed E-state index contributed by atoms with van der Waals surface area (Å²) >= 11 is 0. The SMILES string of the molecule is CC(C)N1CCOC(Cn2cc(C=O)c3cccnc32)C1. The normalized spacial score (nSPS) is 20.2. The molecule has 1 atom stereocenters. The Bertz CT molecular complexity index is 635. The molecule has 2 aromatic rings. The number of ether oxygens (including phenoxy) is 1. The number of morpholine rings is 1. The van der Waals surface area contributed by atoms with Crippen molar-refractivity contribution in [3.8, 4) is 0 Å². The van der Waals surface area contributed by atoms with E-state index in [-0.39, 0.29) is 6.10 Å². The summed E-state index contributed by atoms with van der Waals surface area (Å²) in [7, 11) is 0. The molecule has 0 aromatic carbocycles. The molecule has 3 rings (SSSR count). The van der Waals surface area contributed by atoms with Crippen molar-refractivity contribution < 1.29 is 9.53 Å². The molecule has 1 saturated heterocycles. The van der Waals surface area contributed by atoms with Crippen LogP contribution < -0.4 is 0 Å². The van der Waals surface area contributed by atoms with Crippen LogP contribution in [0.5, 0.6) is 0 Å². The summed E-state index contributed by atoms with van der Waals surface area (Å²) in [6.45, 7) is 7.80. The van der Waals surface area contributed by atoms with Gasteiger partial charge in [0.15, 0.2) is 6.29 Å². The highest BCUT2D eigenvalue weighted by Crippen LogP contribution is 2.19. The second-order valence-corrected chi connectivity index (χ2v) is 5.81. The average Bonchev–Trinajstić information content (AvgIpc) is 2.86. The first-order valence-corrected chi connectivity index (χ1v) is 7.43. The van der Waals surface area contributed by atoms with Gasteiger partial charge in [-0.15, -0.1) is 0 Å². The predicted molar refractivity (Wildman–Crippen MR) is 81.6 cm³/mol. The van der Waals surface area contributed by atoms with Gasteiger partial charge in [-0.1, -0.05) is 0 Å². The van der Waals surface area contributed by atoms with Gasteiger partial charge < -0.3 is 9.30 Å². The van der Waals surface area contributed by atoms with Gasteiger partial charge in [0.25, 0.3) is 0 Å². The summed E-state index contributed by atoms with van der Waals surface area (Å²) in [6.07, 6.45) is 4.67. The first-order valence-electron chi connectivity index (χ1n) is 7.43. The van der Waals surface area contributed by atoms with E-state index in [1.165, 1.54) is 0 Å². The van der Waals surface area contributed by atoms with Crippen LogP contribution in [0.3, 0.4) is 0 Å². The highest BCUT2D eigenvalue weighted by Gasteiger charge is 2.23. The molecule has 0 radical (unpaired) electrons. The molecule has 1 aliphatic rings. The minimum atomic E-state index is 0.137. The molecule has 1 fully saturated rings. The Morgan fingerprint density at radius 1 is 1.52 bits per heavy atom. The van der Waals surface area contributed by atoms with Crippen molar-refractivity contribution in [2.75, 3.05) is 19.7 Å². The predicted octanol–water partition coefficient (Wildman–Crippen LogP) is 1.96. The number of carbonyl (C=O) groups excluding carboxylic acids is 1. The molecule has 1 unspecified atom stereocenters. The lowest BCUT2D eigenvalue weighted by atomic mass is 10.2. The largest absolute Gasteiger partial charge is 0.374 e. The zero-order valence-electron chi connectivity index (χ0n) is 12.5. The second-order valence-electron chi connectivity index (χ2n) is 5.81. The number of hydrogen-bond acceptors (Lipinski definition) is 4. The van der Waals surface area contributed by atoms with Crippen LogP contribution in [-0.4, -0.2) is 52.6 Å². The van der Waals surface area contributed by atoms with Gasteiger partial charge in [-0.25, -0.2) is 4.98 Å². The molecule has 0 saturated carbocycles. The molecule has 0 amide bonds. The van der Waals surface area contributed by atoms with Crippen molar-refractivity contribution in [2.45, 2.75) is 32.5 Å². The third-order valence-corrected chi connectivity index (χ3v) is 4.09. The molecule has 2 aromatic heterocycles. The lowest BCUT2D eigenvalue weighted by molar-refractivity contribution is -0.0451. The smallest absolute Gasteiger partial charge is 0.152 e. The van der Waals surface area contributed by atoms with Crippen LogP contribution in [0.4, 0.5) is 0 Å². The fraction of sp³-hybridized carbons (Fsp3) is 0.500. The van der Waals surface area contributed by atoms with E-state index in [0.29, 0.717) is 11.6 Å². The van der Waals surface area contributed by atoms with E-state index >= 15 is 0 Å².